The van der Waals surface area contributed by atoms with E-state index in [1.165, 1.54) is 234 Å². The van der Waals surface area contributed by atoms with Gasteiger partial charge in [0, 0.05) is 32.5 Å². The van der Waals surface area contributed by atoms with Crippen molar-refractivity contribution < 1.29 is 0 Å². The molecule has 18 aromatic carbocycles. The highest BCUT2D eigenvalue weighted by Crippen LogP contribution is 2.59. The van der Waals surface area contributed by atoms with Crippen LogP contribution in [-0.4, -0.2) is 0 Å². The Balaban J connectivity index is 0.000000102. The van der Waals surface area contributed by atoms with Gasteiger partial charge in [-0.1, -0.05) is 477 Å². The van der Waals surface area contributed by atoms with Gasteiger partial charge in [-0.05, 0) is 282 Å². The highest BCUT2D eigenvalue weighted by molar-refractivity contribution is 5.97. The third-order valence-corrected chi connectivity index (χ3v) is 29.8. The van der Waals surface area contributed by atoms with Crippen molar-refractivity contribution in [3.8, 4) is 134 Å². The van der Waals surface area contributed by atoms with Crippen molar-refractivity contribution in [1.82, 2.24) is 0 Å². The normalized spacial score (nSPS) is 14.5. The lowest BCUT2D eigenvalue weighted by molar-refractivity contribution is 0.660. The molecule has 0 aromatic heterocycles. The summed E-state index contributed by atoms with van der Waals surface area (Å²) >= 11 is 0. The first-order chi connectivity index (χ1) is 63.6. The lowest BCUT2D eigenvalue weighted by Gasteiger charge is -2.25. The molecule has 0 heteroatoms. The first-order valence-corrected chi connectivity index (χ1v) is 47.4. The molecule has 18 aromatic rings. The molecule has 0 amide bonds. The number of rotatable bonds is 6. The molecule has 6 aliphatic rings. The number of hydrogen-bond donors (Lipinski definition) is 0. The van der Waals surface area contributed by atoms with Crippen LogP contribution in [0.25, 0.3) is 134 Å². The average Bonchev–Trinajstić information content (AvgIpc) is 1.58. The summed E-state index contributed by atoms with van der Waals surface area (Å²) in [5.41, 5.74) is 58.6. The van der Waals surface area contributed by atoms with Crippen molar-refractivity contribution in [3.63, 3.8) is 0 Å². The van der Waals surface area contributed by atoms with Crippen molar-refractivity contribution in [1.29, 1.82) is 0 Å². The summed E-state index contributed by atoms with van der Waals surface area (Å²) < 4.78 is 0. The van der Waals surface area contributed by atoms with Crippen LogP contribution in [0, 0.1) is 41.5 Å². The highest BCUT2D eigenvalue weighted by Gasteiger charge is 2.43. The molecule has 0 heterocycles. The number of fused-ring (bicyclic) bond motifs is 18. The second-order valence-corrected chi connectivity index (χ2v) is 40.5. The molecule has 648 valence electrons. The standard InChI is InChI=1S/6C22H20/c1-15-8-4-5-9-17(15)16-12-13-21-19(14-16)18-10-6-7-11-20(18)22(21,2)3;1-15-13-17(16-9-5-4-6-10-16)14-20-21(15)18-11-7-8-12-19(18)22(20,2)3;1-15-13-18(16-9-5-4-6-10-16)21-19(14-15)17-11-7-8-12-20(17)22(21,2)3;1-15-13-18(16-9-5-4-6-10-16)21-17-11-7-8-12-19(17)22(2,3)20(21)14-15;1-15-13-14-18-17-11-7-8-12-19(17)22(2,3)21(18)20(15)16-9-5-4-6-10-16;1-15-13-14-19-21(20(15)16-9-5-4-6-10-16)17-11-7-8-12-18(17)22(19,2)3/h6*4-14H,1-3H3. The smallest absolute Gasteiger partial charge is 0.0165 e. The van der Waals surface area contributed by atoms with E-state index in [9.17, 15) is 0 Å². The van der Waals surface area contributed by atoms with Crippen LogP contribution in [0.3, 0.4) is 0 Å². The Labute approximate surface area is 785 Å². The van der Waals surface area contributed by atoms with Crippen LogP contribution >= 0.6 is 0 Å². The minimum Gasteiger partial charge on any atom is -0.0622 e. The van der Waals surface area contributed by atoms with E-state index >= 15 is 0 Å². The molecule has 132 heavy (non-hydrogen) atoms. The van der Waals surface area contributed by atoms with E-state index in [0.717, 1.165) is 0 Å². The second-order valence-electron chi connectivity index (χ2n) is 40.5. The maximum Gasteiger partial charge on any atom is 0.0165 e. The molecule has 0 spiro atoms. The fourth-order valence-electron chi connectivity index (χ4n) is 23.2. The van der Waals surface area contributed by atoms with Crippen LogP contribution in [0.2, 0.25) is 0 Å². The van der Waals surface area contributed by atoms with Gasteiger partial charge in [-0.15, -0.1) is 0 Å². The zero-order chi connectivity index (χ0) is 91.9. The molecule has 0 saturated heterocycles. The van der Waals surface area contributed by atoms with Gasteiger partial charge in [-0.3, -0.25) is 0 Å². The maximum absolute atomic E-state index is 2.39. The number of benzene rings is 18. The molecular weight excluding hydrogens is 1590 g/mol. The van der Waals surface area contributed by atoms with Crippen molar-refractivity contribution in [2.24, 2.45) is 0 Å². The Hall–Kier alpha value is -14.0. The lowest BCUT2D eigenvalue weighted by atomic mass is 9.77. The monoisotopic (exact) mass is 1700 g/mol. The molecule has 0 N–H and O–H groups in total. The quantitative estimate of drug-likeness (QED) is 0.156. The van der Waals surface area contributed by atoms with Crippen LogP contribution in [0.4, 0.5) is 0 Å². The van der Waals surface area contributed by atoms with Gasteiger partial charge in [0.25, 0.3) is 0 Å². The van der Waals surface area contributed by atoms with E-state index in [4.69, 9.17) is 0 Å². The van der Waals surface area contributed by atoms with Gasteiger partial charge in [0.05, 0.1) is 0 Å². The predicted octanol–water partition coefficient (Wildman–Crippen LogP) is 35.8. The molecule has 0 saturated carbocycles. The largest absolute Gasteiger partial charge is 0.0622 e. The first kappa shape index (κ1) is 87.3. The predicted molar refractivity (Wildman–Crippen MR) is 565 cm³/mol. The third kappa shape index (κ3) is 15.2. The van der Waals surface area contributed by atoms with Crippen molar-refractivity contribution >= 4 is 0 Å². The average molecular weight is 1710 g/mol. The Kier molecular flexibility index (Phi) is 22.7. The Bertz CT molecular complexity index is 7440. The fraction of sp³-hybridized carbons (Fsp3) is 0.182. The van der Waals surface area contributed by atoms with Gasteiger partial charge in [-0.2, -0.15) is 0 Å². The zero-order valence-electron chi connectivity index (χ0n) is 80.1. The summed E-state index contributed by atoms with van der Waals surface area (Å²) in [6.45, 7) is 41.3. The van der Waals surface area contributed by atoms with Gasteiger partial charge >= 0.3 is 0 Å². The molecule has 0 radical (unpaired) electrons. The van der Waals surface area contributed by atoms with Crippen molar-refractivity contribution in [2.75, 3.05) is 0 Å². The Morgan fingerprint density at radius 2 is 0.462 bits per heavy atom. The zero-order valence-corrected chi connectivity index (χ0v) is 80.1. The van der Waals surface area contributed by atoms with E-state index in [-0.39, 0.29) is 32.5 Å². The topological polar surface area (TPSA) is 0 Å². The minimum atomic E-state index is 0.0448. The Morgan fingerprint density at radius 1 is 0.129 bits per heavy atom. The van der Waals surface area contributed by atoms with Crippen LogP contribution in [0.15, 0.2) is 400 Å². The Morgan fingerprint density at radius 3 is 0.985 bits per heavy atom. The minimum absolute atomic E-state index is 0.0448. The third-order valence-electron chi connectivity index (χ3n) is 29.8. The second kappa shape index (κ2) is 34.4. The molecular formula is C132H120. The number of aryl methyl sites for hydroxylation is 6. The van der Waals surface area contributed by atoms with Gasteiger partial charge in [0.15, 0.2) is 0 Å². The molecule has 0 nitrogen and oxygen atoms in total. The van der Waals surface area contributed by atoms with Crippen molar-refractivity contribution in [2.45, 2.75) is 157 Å². The van der Waals surface area contributed by atoms with Gasteiger partial charge in [0.1, 0.15) is 0 Å². The summed E-state index contributed by atoms with van der Waals surface area (Å²) in [5.74, 6) is 0. The first-order valence-electron chi connectivity index (χ1n) is 47.4. The van der Waals surface area contributed by atoms with E-state index in [1.807, 2.05) is 0 Å². The summed E-state index contributed by atoms with van der Waals surface area (Å²) in [6, 6.07) is 146. The summed E-state index contributed by atoms with van der Waals surface area (Å²) in [6.07, 6.45) is 0. The molecule has 0 aliphatic heterocycles. The van der Waals surface area contributed by atoms with Gasteiger partial charge in [0.2, 0.25) is 0 Å². The molecule has 0 bridgehead atoms. The van der Waals surface area contributed by atoms with Crippen LogP contribution in [0.5, 0.6) is 0 Å². The van der Waals surface area contributed by atoms with E-state index in [1.54, 1.807) is 0 Å². The highest BCUT2D eigenvalue weighted by atomic mass is 14.5. The fourth-order valence-corrected chi connectivity index (χ4v) is 23.2. The van der Waals surface area contributed by atoms with E-state index in [0.29, 0.717) is 0 Å². The van der Waals surface area contributed by atoms with Gasteiger partial charge < -0.3 is 0 Å². The maximum atomic E-state index is 2.39. The molecule has 24 rings (SSSR count). The summed E-state index contributed by atoms with van der Waals surface area (Å²) in [7, 11) is 0. The van der Waals surface area contributed by atoms with Gasteiger partial charge in [-0.25, -0.2) is 0 Å². The van der Waals surface area contributed by atoms with Crippen molar-refractivity contribution in [3.05, 3.63) is 501 Å². The SMILES string of the molecule is Cc1cc(-c2ccccc2)c2c(c1)-c1ccccc1C2(C)C.Cc1cc(-c2ccccc2)c2c(c1)C(C)(C)c1ccccc1-2.Cc1cc(-c2ccccc2)cc2c1-c1ccccc1C2(C)C.Cc1ccc2c(c1-c1ccccc1)-c1ccccc1C2(C)C.Cc1ccc2c(c1-c1ccccc1)C(C)(C)c1ccccc1-2.Cc1ccccc1-c1ccc2c(c1)-c1ccccc1C2(C)C. The molecule has 0 fully saturated rings. The summed E-state index contributed by atoms with van der Waals surface area (Å²) in [4.78, 5) is 0. The van der Waals surface area contributed by atoms with Crippen LogP contribution < -0.4 is 0 Å². The summed E-state index contributed by atoms with van der Waals surface area (Å²) in [5, 5.41) is 0. The van der Waals surface area contributed by atoms with Crippen LogP contribution in [0.1, 0.15) is 183 Å². The van der Waals surface area contributed by atoms with E-state index in [2.05, 4.69) is 525 Å². The van der Waals surface area contributed by atoms with E-state index < -0.39 is 0 Å². The molecule has 6 aliphatic carbocycles. The number of hydrogen-bond acceptors (Lipinski definition) is 0. The lowest BCUT2D eigenvalue weighted by Crippen LogP contribution is -2.16. The van der Waals surface area contributed by atoms with Crippen LogP contribution in [-0.2, 0) is 32.5 Å². The molecule has 0 atom stereocenters. The molecule has 0 unspecified atom stereocenters.